The van der Waals surface area contributed by atoms with Crippen molar-refractivity contribution in [2.45, 2.75) is 10.3 Å². The van der Waals surface area contributed by atoms with Crippen LogP contribution in [0.2, 0.25) is 0 Å². The van der Waals surface area contributed by atoms with E-state index in [0.717, 1.165) is 34.6 Å². The molecule has 0 amide bonds. The summed E-state index contributed by atoms with van der Waals surface area (Å²) in [4.78, 5) is 37.1. The third-order valence-electron chi connectivity index (χ3n) is 3.57. The smallest absolute Gasteiger partial charge is 0.290 e. The molecule has 0 atom stereocenters. The average molecular weight is 403 g/mol. The van der Waals surface area contributed by atoms with E-state index in [0.29, 0.717) is 15.4 Å². The minimum Gasteiger partial charge on any atom is -0.290 e. The highest BCUT2D eigenvalue weighted by atomic mass is 32.2. The van der Waals surface area contributed by atoms with Crippen molar-refractivity contribution in [2.24, 2.45) is 7.05 Å². The van der Waals surface area contributed by atoms with Crippen LogP contribution < -0.4 is 5.56 Å². The van der Waals surface area contributed by atoms with E-state index in [-0.39, 0.29) is 16.4 Å². The van der Waals surface area contributed by atoms with Crippen molar-refractivity contribution >= 4 is 50.3 Å². The van der Waals surface area contributed by atoms with Gasteiger partial charge in [-0.15, -0.1) is 22.7 Å². The molecule has 130 valence electrons. The second-order valence-corrected chi connectivity index (χ2v) is 7.89. The van der Waals surface area contributed by atoms with Crippen molar-refractivity contribution in [3.63, 3.8) is 0 Å². The molecule has 0 aliphatic carbocycles. The molecule has 4 aromatic heterocycles. The van der Waals surface area contributed by atoms with Crippen LogP contribution in [0.4, 0.5) is 5.69 Å². The van der Waals surface area contributed by atoms with Crippen molar-refractivity contribution in [2.75, 3.05) is 0 Å². The maximum absolute atomic E-state index is 12.9. The average Bonchev–Trinajstić information content (AvgIpc) is 3.29. The first-order valence-corrected chi connectivity index (χ1v) is 9.78. The number of hydrogen-bond donors (Lipinski definition) is 0. The summed E-state index contributed by atoms with van der Waals surface area (Å²) < 4.78 is 1.45. The number of aromatic nitrogens is 4. The number of rotatable bonds is 4. The number of nitrogens with zero attached hydrogens (tertiary/aromatic N) is 5. The summed E-state index contributed by atoms with van der Waals surface area (Å²) in [7, 11) is 1.64. The van der Waals surface area contributed by atoms with E-state index in [1.54, 1.807) is 18.4 Å². The van der Waals surface area contributed by atoms with Crippen LogP contribution in [0.1, 0.15) is 0 Å². The SMILES string of the molecule is Cn1c(Sc2ncc([N+](=O)[O-])cn2)nc2scc(-c3cccs3)c2c1=O. The third kappa shape index (κ3) is 2.89. The molecule has 0 bridgehead atoms. The zero-order valence-corrected chi connectivity index (χ0v) is 15.6. The summed E-state index contributed by atoms with van der Waals surface area (Å²) in [5.41, 5.74) is 0.547. The van der Waals surface area contributed by atoms with Crippen molar-refractivity contribution < 1.29 is 4.92 Å². The van der Waals surface area contributed by atoms with Gasteiger partial charge in [-0.25, -0.2) is 15.0 Å². The van der Waals surface area contributed by atoms with Crippen LogP contribution in [-0.4, -0.2) is 24.4 Å². The highest BCUT2D eigenvalue weighted by Gasteiger charge is 2.17. The maximum Gasteiger partial charge on any atom is 0.305 e. The van der Waals surface area contributed by atoms with Gasteiger partial charge >= 0.3 is 5.69 Å². The van der Waals surface area contributed by atoms with Gasteiger partial charge in [0.15, 0.2) is 10.3 Å². The zero-order chi connectivity index (χ0) is 18.3. The molecule has 0 saturated heterocycles. The number of nitro groups is 1. The van der Waals surface area contributed by atoms with Crippen LogP contribution in [0, 0.1) is 10.1 Å². The summed E-state index contributed by atoms with van der Waals surface area (Å²) in [5, 5.41) is 15.9. The summed E-state index contributed by atoms with van der Waals surface area (Å²) in [6.45, 7) is 0. The van der Waals surface area contributed by atoms with E-state index in [1.807, 2.05) is 22.9 Å². The Balaban J connectivity index is 1.76. The van der Waals surface area contributed by atoms with Crippen LogP contribution >= 0.6 is 34.4 Å². The van der Waals surface area contributed by atoms with E-state index in [2.05, 4.69) is 15.0 Å². The largest absolute Gasteiger partial charge is 0.305 e. The Bertz CT molecular complexity index is 1170. The number of hydrogen-bond acceptors (Lipinski definition) is 9. The molecular formula is C15H9N5O3S3. The molecule has 0 N–H and O–H groups in total. The standard InChI is InChI=1S/C15H9N5O3S3/c1-19-13(21)11-9(10-3-2-4-24-10)7-25-12(11)18-15(19)26-14-16-5-8(6-17-14)20(22)23/h2-7H,1H3. The van der Waals surface area contributed by atoms with E-state index >= 15 is 0 Å². The van der Waals surface area contributed by atoms with Gasteiger partial charge in [0.1, 0.15) is 17.2 Å². The van der Waals surface area contributed by atoms with Crippen molar-refractivity contribution in [1.82, 2.24) is 19.5 Å². The first-order chi connectivity index (χ1) is 12.5. The first-order valence-electron chi connectivity index (χ1n) is 7.21. The quantitative estimate of drug-likeness (QED) is 0.291. The molecule has 0 unspecified atom stereocenters. The Morgan fingerprint density at radius 1 is 1.27 bits per heavy atom. The maximum atomic E-state index is 12.9. The predicted octanol–water partition coefficient (Wildman–Crippen LogP) is 3.57. The Kier molecular flexibility index (Phi) is 4.26. The molecule has 0 aliphatic rings. The highest BCUT2D eigenvalue weighted by Crippen LogP contribution is 2.35. The Morgan fingerprint density at radius 2 is 2.04 bits per heavy atom. The molecule has 4 heterocycles. The molecule has 0 radical (unpaired) electrons. The van der Waals surface area contributed by atoms with Gasteiger partial charge in [0.05, 0.1) is 10.3 Å². The Morgan fingerprint density at radius 3 is 2.69 bits per heavy atom. The summed E-state index contributed by atoms with van der Waals surface area (Å²) >= 11 is 4.06. The molecule has 4 rings (SSSR count). The normalized spacial score (nSPS) is 11.1. The molecule has 0 aliphatic heterocycles. The lowest BCUT2D eigenvalue weighted by atomic mass is 10.2. The van der Waals surface area contributed by atoms with Gasteiger partial charge in [0.2, 0.25) is 0 Å². The minimum absolute atomic E-state index is 0.149. The third-order valence-corrected chi connectivity index (χ3v) is 6.29. The lowest BCUT2D eigenvalue weighted by Gasteiger charge is -2.06. The second-order valence-electron chi connectivity index (χ2n) is 5.15. The predicted molar refractivity (Wildman–Crippen MR) is 101 cm³/mol. The molecule has 0 aromatic carbocycles. The highest BCUT2D eigenvalue weighted by molar-refractivity contribution is 7.99. The molecule has 0 saturated carbocycles. The van der Waals surface area contributed by atoms with E-state index in [4.69, 9.17) is 0 Å². The summed E-state index contributed by atoms with van der Waals surface area (Å²) in [6.07, 6.45) is 2.26. The molecule has 11 heteroatoms. The van der Waals surface area contributed by atoms with E-state index < -0.39 is 4.92 Å². The van der Waals surface area contributed by atoms with Crippen molar-refractivity contribution in [3.05, 3.63) is 55.8 Å². The van der Waals surface area contributed by atoms with Gasteiger partial charge in [-0.05, 0) is 23.2 Å². The van der Waals surface area contributed by atoms with Crippen LogP contribution in [0.15, 0.2) is 50.4 Å². The lowest BCUT2D eigenvalue weighted by molar-refractivity contribution is -0.385. The molecule has 26 heavy (non-hydrogen) atoms. The molecular weight excluding hydrogens is 394 g/mol. The van der Waals surface area contributed by atoms with E-state index in [9.17, 15) is 14.9 Å². The van der Waals surface area contributed by atoms with Gasteiger partial charge < -0.3 is 0 Å². The van der Waals surface area contributed by atoms with Gasteiger partial charge in [-0.2, -0.15) is 0 Å². The van der Waals surface area contributed by atoms with Gasteiger partial charge in [-0.1, -0.05) is 6.07 Å². The number of thiophene rings is 2. The summed E-state index contributed by atoms with van der Waals surface area (Å²) in [5.74, 6) is 0. The Labute approximate surface area is 158 Å². The zero-order valence-electron chi connectivity index (χ0n) is 13.1. The fourth-order valence-electron chi connectivity index (χ4n) is 2.30. The van der Waals surface area contributed by atoms with Crippen molar-refractivity contribution in [3.8, 4) is 10.4 Å². The van der Waals surface area contributed by atoms with E-state index in [1.165, 1.54) is 15.9 Å². The fourth-order valence-corrected chi connectivity index (χ4v) is 4.84. The Hall–Kier alpha value is -2.63. The molecule has 8 nitrogen and oxygen atoms in total. The fraction of sp³-hybridized carbons (Fsp3) is 0.0667. The number of fused-ring (bicyclic) bond motifs is 1. The van der Waals surface area contributed by atoms with Crippen molar-refractivity contribution in [1.29, 1.82) is 0 Å². The van der Waals surface area contributed by atoms with Crippen LogP contribution in [0.25, 0.3) is 20.7 Å². The lowest BCUT2D eigenvalue weighted by Crippen LogP contribution is -2.19. The van der Waals surface area contributed by atoms with Crippen LogP contribution in [0.3, 0.4) is 0 Å². The topological polar surface area (TPSA) is 104 Å². The van der Waals surface area contributed by atoms with Crippen LogP contribution in [0.5, 0.6) is 0 Å². The van der Waals surface area contributed by atoms with Gasteiger partial charge in [0.25, 0.3) is 5.56 Å². The monoisotopic (exact) mass is 403 g/mol. The first kappa shape index (κ1) is 16.8. The molecule has 0 spiro atoms. The molecule has 0 fully saturated rings. The minimum atomic E-state index is -0.563. The summed E-state index contributed by atoms with van der Waals surface area (Å²) in [6, 6.07) is 3.91. The van der Waals surface area contributed by atoms with Gasteiger partial charge in [-0.3, -0.25) is 19.5 Å². The second kappa shape index (κ2) is 6.59. The molecule has 4 aromatic rings. The van der Waals surface area contributed by atoms with Crippen LogP contribution in [-0.2, 0) is 7.05 Å². The van der Waals surface area contributed by atoms with Gasteiger partial charge in [0, 0.05) is 22.9 Å².